The summed E-state index contributed by atoms with van der Waals surface area (Å²) in [5.74, 6) is -0.201. The van der Waals surface area contributed by atoms with Gasteiger partial charge >= 0.3 is 6.09 Å². The Bertz CT molecular complexity index is 314. The zero-order valence-corrected chi connectivity index (χ0v) is 12.0. The van der Waals surface area contributed by atoms with E-state index in [-0.39, 0.29) is 11.3 Å². The maximum Gasteiger partial charge on any atom is 0.407 e. The first kappa shape index (κ1) is 15.8. The summed E-state index contributed by atoms with van der Waals surface area (Å²) in [6, 6.07) is -0.603. The normalized spacial score (nSPS) is 18.7. The zero-order chi connectivity index (χ0) is 14.3. The number of rotatable bonds is 6. The Morgan fingerprint density at radius 2 is 1.89 bits per heavy atom. The van der Waals surface area contributed by atoms with E-state index in [4.69, 9.17) is 4.74 Å². The molecule has 1 atom stereocenters. The topological polar surface area (TPSA) is 76.7 Å². The summed E-state index contributed by atoms with van der Waals surface area (Å²) in [4.78, 5) is 22.9. The van der Waals surface area contributed by atoms with E-state index >= 15 is 0 Å². The summed E-state index contributed by atoms with van der Waals surface area (Å²) in [5, 5.41) is 5.34. The van der Waals surface area contributed by atoms with Gasteiger partial charge in [-0.3, -0.25) is 4.79 Å². The molecule has 0 spiro atoms. The molecule has 6 heteroatoms. The van der Waals surface area contributed by atoms with E-state index < -0.39 is 12.1 Å². The van der Waals surface area contributed by atoms with Gasteiger partial charge in [0.15, 0.2) is 0 Å². The Hall–Kier alpha value is -1.30. The number of alkyl carbamates (subject to hydrolysis) is 1. The number of carbonyl (C=O) groups is 2. The predicted molar refractivity (Wildman–Crippen MR) is 70.8 cm³/mol. The van der Waals surface area contributed by atoms with Gasteiger partial charge in [-0.1, -0.05) is 12.8 Å². The van der Waals surface area contributed by atoms with Crippen LogP contribution in [0, 0.1) is 5.41 Å². The summed E-state index contributed by atoms with van der Waals surface area (Å²) < 4.78 is 9.72. The van der Waals surface area contributed by atoms with Crippen LogP contribution in [0.15, 0.2) is 0 Å². The minimum Gasteiger partial charge on any atom is -0.453 e. The highest BCUT2D eigenvalue weighted by atomic mass is 16.5. The molecule has 0 aliphatic heterocycles. The molecule has 0 aromatic rings. The van der Waals surface area contributed by atoms with Crippen molar-refractivity contribution in [3.8, 4) is 0 Å². The fourth-order valence-electron chi connectivity index (χ4n) is 2.53. The molecule has 1 fully saturated rings. The third kappa shape index (κ3) is 4.70. The minimum atomic E-state index is -0.603. The minimum absolute atomic E-state index is 0.0510. The van der Waals surface area contributed by atoms with Crippen LogP contribution in [0.3, 0.4) is 0 Å². The Labute approximate surface area is 114 Å². The van der Waals surface area contributed by atoms with Crippen molar-refractivity contribution >= 4 is 12.0 Å². The molecular formula is C13H24N2O4. The zero-order valence-electron chi connectivity index (χ0n) is 12.0. The van der Waals surface area contributed by atoms with Crippen LogP contribution >= 0.6 is 0 Å². The van der Waals surface area contributed by atoms with Crippen LogP contribution in [0.25, 0.3) is 0 Å². The molecule has 0 heterocycles. The first-order valence-electron chi connectivity index (χ1n) is 6.64. The summed E-state index contributed by atoms with van der Waals surface area (Å²) in [6.07, 6.45) is 3.89. The third-order valence-corrected chi connectivity index (χ3v) is 3.67. The van der Waals surface area contributed by atoms with Crippen LogP contribution < -0.4 is 10.6 Å². The van der Waals surface area contributed by atoms with E-state index in [1.54, 1.807) is 14.0 Å². The van der Waals surface area contributed by atoms with Crippen molar-refractivity contribution in [3.05, 3.63) is 0 Å². The molecule has 0 saturated heterocycles. The van der Waals surface area contributed by atoms with Crippen molar-refractivity contribution < 1.29 is 19.1 Å². The van der Waals surface area contributed by atoms with Crippen molar-refractivity contribution in [2.24, 2.45) is 5.41 Å². The molecule has 0 radical (unpaired) electrons. The first-order chi connectivity index (χ1) is 9.03. The van der Waals surface area contributed by atoms with Crippen LogP contribution in [0.4, 0.5) is 4.79 Å². The van der Waals surface area contributed by atoms with Gasteiger partial charge in [0.2, 0.25) is 5.91 Å². The molecule has 1 aliphatic carbocycles. The maximum atomic E-state index is 11.9. The number of hydrogen-bond donors (Lipinski definition) is 2. The average molecular weight is 272 g/mol. The monoisotopic (exact) mass is 272 g/mol. The van der Waals surface area contributed by atoms with Crippen LogP contribution in [-0.2, 0) is 14.3 Å². The predicted octanol–water partition coefficient (Wildman–Crippen LogP) is 1.05. The molecule has 19 heavy (non-hydrogen) atoms. The second-order valence-electron chi connectivity index (χ2n) is 5.22. The number of methoxy groups -OCH3 is 2. The fraction of sp³-hybridized carbons (Fsp3) is 0.846. The Morgan fingerprint density at radius 1 is 1.26 bits per heavy atom. The molecule has 2 amide bonds. The molecule has 1 rings (SSSR count). The highest BCUT2D eigenvalue weighted by Gasteiger charge is 2.34. The third-order valence-electron chi connectivity index (χ3n) is 3.67. The van der Waals surface area contributed by atoms with E-state index in [0.29, 0.717) is 13.2 Å². The highest BCUT2D eigenvalue weighted by Crippen LogP contribution is 2.37. The van der Waals surface area contributed by atoms with Crippen molar-refractivity contribution in [3.63, 3.8) is 0 Å². The lowest BCUT2D eigenvalue weighted by atomic mass is 9.87. The lowest BCUT2D eigenvalue weighted by Crippen LogP contribution is -2.48. The fourth-order valence-corrected chi connectivity index (χ4v) is 2.53. The average Bonchev–Trinajstić information content (AvgIpc) is 2.85. The number of amides is 2. The molecule has 1 unspecified atom stereocenters. The summed E-state index contributed by atoms with van der Waals surface area (Å²) in [6.45, 7) is 2.88. The van der Waals surface area contributed by atoms with Crippen molar-refractivity contribution in [2.45, 2.75) is 38.6 Å². The van der Waals surface area contributed by atoms with Crippen LogP contribution in [0.2, 0.25) is 0 Å². The summed E-state index contributed by atoms with van der Waals surface area (Å²) in [5.41, 5.74) is 0.0510. The molecule has 1 aliphatic rings. The van der Waals surface area contributed by atoms with E-state index in [0.717, 1.165) is 12.8 Å². The molecule has 0 aromatic heterocycles. The lowest BCUT2D eigenvalue weighted by molar-refractivity contribution is -0.123. The molecule has 110 valence electrons. The summed E-state index contributed by atoms with van der Waals surface area (Å²) in [7, 11) is 2.95. The van der Waals surface area contributed by atoms with Gasteiger partial charge in [-0.15, -0.1) is 0 Å². The Balaban J connectivity index is 2.41. The summed E-state index contributed by atoms with van der Waals surface area (Å²) >= 11 is 0. The van der Waals surface area contributed by atoms with Gasteiger partial charge in [-0.25, -0.2) is 4.79 Å². The lowest BCUT2D eigenvalue weighted by Gasteiger charge is -2.29. The molecule has 2 N–H and O–H groups in total. The number of ether oxygens (including phenoxy) is 2. The molecule has 0 bridgehead atoms. The van der Waals surface area contributed by atoms with E-state index in [1.807, 2.05) is 0 Å². The van der Waals surface area contributed by atoms with Crippen LogP contribution in [0.5, 0.6) is 0 Å². The van der Waals surface area contributed by atoms with E-state index in [1.165, 1.54) is 20.0 Å². The molecule has 6 nitrogen and oxygen atoms in total. The number of carbonyl (C=O) groups excluding carboxylic acids is 2. The highest BCUT2D eigenvalue weighted by molar-refractivity contribution is 5.85. The van der Waals surface area contributed by atoms with E-state index in [2.05, 4.69) is 15.4 Å². The van der Waals surface area contributed by atoms with E-state index in [9.17, 15) is 9.59 Å². The second-order valence-corrected chi connectivity index (χ2v) is 5.22. The van der Waals surface area contributed by atoms with Gasteiger partial charge in [-0.05, 0) is 19.8 Å². The van der Waals surface area contributed by atoms with Gasteiger partial charge in [0.25, 0.3) is 0 Å². The van der Waals surface area contributed by atoms with Gasteiger partial charge in [0.05, 0.1) is 13.7 Å². The van der Waals surface area contributed by atoms with Crippen molar-refractivity contribution in [1.82, 2.24) is 10.6 Å². The van der Waals surface area contributed by atoms with Crippen LogP contribution in [0.1, 0.15) is 32.6 Å². The largest absolute Gasteiger partial charge is 0.453 e. The number of hydrogen-bond acceptors (Lipinski definition) is 4. The van der Waals surface area contributed by atoms with Crippen molar-refractivity contribution in [1.29, 1.82) is 0 Å². The Morgan fingerprint density at radius 3 is 2.42 bits per heavy atom. The second kappa shape index (κ2) is 7.33. The van der Waals surface area contributed by atoms with Gasteiger partial charge in [0, 0.05) is 19.1 Å². The number of nitrogens with one attached hydrogen (secondary N) is 2. The molecular weight excluding hydrogens is 248 g/mol. The van der Waals surface area contributed by atoms with Gasteiger partial charge < -0.3 is 20.1 Å². The smallest absolute Gasteiger partial charge is 0.407 e. The molecule has 1 saturated carbocycles. The van der Waals surface area contributed by atoms with Gasteiger partial charge in [-0.2, -0.15) is 0 Å². The standard InChI is InChI=1S/C13H24N2O4/c1-10(15-12(17)19-3)11(16)14-8-13(9-18-2)6-4-5-7-13/h10H,4-9H2,1-3H3,(H,14,16)(H,15,17). The first-order valence-corrected chi connectivity index (χ1v) is 6.64. The SMILES string of the molecule is COCC1(CNC(=O)C(C)NC(=O)OC)CCCC1. The van der Waals surface area contributed by atoms with Crippen molar-refractivity contribution in [2.75, 3.05) is 27.4 Å². The Kier molecular flexibility index (Phi) is 6.08. The maximum absolute atomic E-state index is 11.9. The van der Waals surface area contributed by atoms with Crippen LogP contribution in [-0.4, -0.2) is 45.4 Å². The van der Waals surface area contributed by atoms with Gasteiger partial charge in [0.1, 0.15) is 6.04 Å². The molecule has 0 aromatic carbocycles. The quantitative estimate of drug-likeness (QED) is 0.758.